The summed E-state index contributed by atoms with van der Waals surface area (Å²) in [6.45, 7) is 0.340. The van der Waals surface area contributed by atoms with Crippen molar-refractivity contribution in [2.24, 2.45) is 5.73 Å². The second kappa shape index (κ2) is 6.32. The third-order valence-corrected chi connectivity index (χ3v) is 3.15. The van der Waals surface area contributed by atoms with Crippen LogP contribution >= 0.6 is 11.6 Å². The van der Waals surface area contributed by atoms with Crippen LogP contribution in [0.15, 0.2) is 34.9 Å². The summed E-state index contributed by atoms with van der Waals surface area (Å²) < 4.78 is 9.69. The summed E-state index contributed by atoms with van der Waals surface area (Å²) in [6, 6.07) is 6.45. The van der Waals surface area contributed by atoms with Crippen molar-refractivity contribution in [3.05, 3.63) is 52.4 Å². The standard InChI is InChI=1S/C14H13ClN2O4/c1-20-14(19)12-8(4-5-21-12)7-17-9-2-3-10(13(16)18)11(15)6-9/h2-6,17H,7H2,1H3,(H2,16,18). The molecule has 1 aromatic carbocycles. The first-order chi connectivity index (χ1) is 10.0. The van der Waals surface area contributed by atoms with Crippen molar-refractivity contribution in [1.82, 2.24) is 0 Å². The Balaban J connectivity index is 2.10. The predicted octanol–water partition coefficient (Wildman–Crippen LogP) is 2.43. The van der Waals surface area contributed by atoms with Crippen LogP contribution in [0.3, 0.4) is 0 Å². The highest BCUT2D eigenvalue weighted by Crippen LogP contribution is 2.22. The van der Waals surface area contributed by atoms with Crippen molar-refractivity contribution < 1.29 is 18.7 Å². The number of hydrogen-bond donors (Lipinski definition) is 2. The maximum atomic E-state index is 11.5. The molecule has 7 heteroatoms. The molecule has 0 unspecified atom stereocenters. The molecule has 0 fully saturated rings. The number of nitrogens with one attached hydrogen (secondary N) is 1. The van der Waals surface area contributed by atoms with Crippen molar-refractivity contribution in [3.8, 4) is 0 Å². The number of carbonyl (C=O) groups excluding carboxylic acids is 2. The van der Waals surface area contributed by atoms with Gasteiger partial charge in [0.05, 0.1) is 24.0 Å². The highest BCUT2D eigenvalue weighted by atomic mass is 35.5. The molecule has 0 spiro atoms. The molecule has 6 nitrogen and oxygen atoms in total. The van der Waals surface area contributed by atoms with E-state index >= 15 is 0 Å². The molecule has 0 atom stereocenters. The molecule has 0 radical (unpaired) electrons. The van der Waals surface area contributed by atoms with Gasteiger partial charge in [-0.1, -0.05) is 11.6 Å². The highest BCUT2D eigenvalue weighted by Gasteiger charge is 2.15. The van der Waals surface area contributed by atoms with Crippen LogP contribution in [0.5, 0.6) is 0 Å². The van der Waals surface area contributed by atoms with Gasteiger partial charge in [-0.15, -0.1) is 0 Å². The van der Waals surface area contributed by atoms with Gasteiger partial charge in [0.1, 0.15) is 0 Å². The van der Waals surface area contributed by atoms with Gasteiger partial charge >= 0.3 is 5.97 Å². The van der Waals surface area contributed by atoms with Crippen LogP contribution in [0.25, 0.3) is 0 Å². The fourth-order valence-electron chi connectivity index (χ4n) is 1.77. The van der Waals surface area contributed by atoms with Crippen molar-refractivity contribution in [2.75, 3.05) is 12.4 Å². The second-order valence-corrected chi connectivity index (χ2v) is 4.59. The van der Waals surface area contributed by atoms with E-state index in [9.17, 15) is 9.59 Å². The molecule has 1 heterocycles. The number of anilines is 1. The number of ether oxygens (including phenoxy) is 1. The lowest BCUT2D eigenvalue weighted by Gasteiger charge is -2.08. The average Bonchev–Trinajstić information content (AvgIpc) is 2.92. The number of furan rings is 1. The van der Waals surface area contributed by atoms with Crippen molar-refractivity contribution in [2.45, 2.75) is 6.54 Å². The van der Waals surface area contributed by atoms with E-state index in [1.165, 1.54) is 19.4 Å². The molecule has 0 bridgehead atoms. The Morgan fingerprint density at radius 1 is 1.38 bits per heavy atom. The minimum atomic E-state index is -0.589. The molecule has 1 aromatic heterocycles. The Kier molecular flexibility index (Phi) is 4.49. The molecule has 2 aromatic rings. The Hall–Kier alpha value is -2.47. The van der Waals surface area contributed by atoms with Crippen LogP contribution < -0.4 is 11.1 Å². The van der Waals surface area contributed by atoms with Crippen molar-refractivity contribution in [3.63, 3.8) is 0 Å². The lowest BCUT2D eigenvalue weighted by Crippen LogP contribution is -2.12. The molecular formula is C14H13ClN2O4. The van der Waals surface area contributed by atoms with Crippen molar-refractivity contribution in [1.29, 1.82) is 0 Å². The molecule has 0 aliphatic heterocycles. The van der Waals surface area contributed by atoms with Crippen LogP contribution in [-0.4, -0.2) is 19.0 Å². The van der Waals surface area contributed by atoms with E-state index in [0.717, 1.165) is 0 Å². The van der Waals surface area contributed by atoms with Gasteiger partial charge in [0.2, 0.25) is 11.7 Å². The number of primary amides is 1. The summed E-state index contributed by atoms with van der Waals surface area (Å²) in [5.74, 6) is -0.988. The largest absolute Gasteiger partial charge is 0.463 e. The van der Waals surface area contributed by atoms with Gasteiger partial charge in [0, 0.05) is 17.8 Å². The maximum absolute atomic E-state index is 11.5. The lowest BCUT2D eigenvalue weighted by atomic mass is 10.2. The van der Waals surface area contributed by atoms with E-state index in [0.29, 0.717) is 17.8 Å². The van der Waals surface area contributed by atoms with Gasteiger partial charge in [0.15, 0.2) is 0 Å². The minimum absolute atomic E-state index is 0.143. The van der Waals surface area contributed by atoms with E-state index in [1.54, 1.807) is 18.2 Å². The fourth-order valence-corrected chi connectivity index (χ4v) is 2.04. The van der Waals surface area contributed by atoms with E-state index in [4.69, 9.17) is 21.8 Å². The van der Waals surface area contributed by atoms with E-state index in [2.05, 4.69) is 10.1 Å². The average molecular weight is 309 g/mol. The summed E-state index contributed by atoms with van der Waals surface area (Å²) in [5, 5.41) is 3.33. The first-order valence-electron chi connectivity index (χ1n) is 6.01. The number of methoxy groups -OCH3 is 1. The monoisotopic (exact) mass is 308 g/mol. The SMILES string of the molecule is COC(=O)c1occc1CNc1ccc(C(N)=O)c(Cl)c1. The Labute approximate surface area is 125 Å². The zero-order chi connectivity index (χ0) is 15.4. The number of halogens is 1. The second-order valence-electron chi connectivity index (χ2n) is 4.18. The third-order valence-electron chi connectivity index (χ3n) is 2.84. The minimum Gasteiger partial charge on any atom is -0.463 e. The Bertz CT molecular complexity index is 681. The number of rotatable bonds is 5. The quantitative estimate of drug-likeness (QED) is 0.827. The molecule has 0 saturated carbocycles. The molecule has 2 rings (SSSR count). The topological polar surface area (TPSA) is 94.6 Å². The van der Waals surface area contributed by atoms with Crippen LogP contribution in [0, 0.1) is 0 Å². The van der Waals surface area contributed by atoms with Crippen LogP contribution in [-0.2, 0) is 11.3 Å². The van der Waals surface area contributed by atoms with E-state index in [1.807, 2.05) is 0 Å². The van der Waals surface area contributed by atoms with E-state index < -0.39 is 11.9 Å². The number of benzene rings is 1. The summed E-state index contributed by atoms with van der Waals surface area (Å²) >= 11 is 5.96. The van der Waals surface area contributed by atoms with Gasteiger partial charge in [-0.05, 0) is 24.3 Å². The van der Waals surface area contributed by atoms with Gasteiger partial charge in [0.25, 0.3) is 0 Å². The molecular weight excluding hydrogens is 296 g/mol. The molecule has 0 saturated heterocycles. The van der Waals surface area contributed by atoms with Gasteiger partial charge < -0.3 is 20.2 Å². The van der Waals surface area contributed by atoms with Gasteiger partial charge in [-0.25, -0.2) is 4.79 Å². The molecule has 0 aliphatic carbocycles. The molecule has 0 aliphatic rings. The van der Waals surface area contributed by atoms with Crippen LogP contribution in [0.2, 0.25) is 5.02 Å². The fraction of sp³-hybridized carbons (Fsp3) is 0.143. The normalized spacial score (nSPS) is 10.2. The highest BCUT2D eigenvalue weighted by molar-refractivity contribution is 6.34. The molecule has 110 valence electrons. The molecule has 3 N–H and O–H groups in total. The maximum Gasteiger partial charge on any atom is 0.374 e. The molecule has 1 amide bonds. The zero-order valence-corrected chi connectivity index (χ0v) is 11.9. The van der Waals surface area contributed by atoms with Gasteiger partial charge in [-0.2, -0.15) is 0 Å². The lowest BCUT2D eigenvalue weighted by molar-refractivity contribution is 0.0563. The summed E-state index contributed by atoms with van der Waals surface area (Å²) in [4.78, 5) is 22.5. The summed E-state index contributed by atoms with van der Waals surface area (Å²) in [7, 11) is 1.28. The number of esters is 1. The third kappa shape index (κ3) is 3.35. The Morgan fingerprint density at radius 3 is 2.76 bits per heavy atom. The van der Waals surface area contributed by atoms with Gasteiger partial charge in [-0.3, -0.25) is 4.79 Å². The van der Waals surface area contributed by atoms with E-state index in [-0.39, 0.29) is 16.3 Å². The summed E-state index contributed by atoms with van der Waals surface area (Å²) in [6.07, 6.45) is 1.41. The zero-order valence-electron chi connectivity index (χ0n) is 11.2. The number of nitrogens with two attached hydrogens (primary N) is 1. The smallest absolute Gasteiger partial charge is 0.374 e. The first-order valence-corrected chi connectivity index (χ1v) is 6.38. The number of hydrogen-bond acceptors (Lipinski definition) is 5. The summed E-state index contributed by atoms with van der Waals surface area (Å²) in [5.41, 5.74) is 6.76. The first kappa shape index (κ1) is 14.9. The predicted molar refractivity (Wildman–Crippen MR) is 77.3 cm³/mol. The Morgan fingerprint density at radius 2 is 2.14 bits per heavy atom. The molecule has 21 heavy (non-hydrogen) atoms. The van der Waals surface area contributed by atoms with Crippen LogP contribution in [0.1, 0.15) is 26.5 Å². The van der Waals surface area contributed by atoms with Crippen LogP contribution in [0.4, 0.5) is 5.69 Å². The number of carbonyl (C=O) groups is 2. The number of amides is 1. The van der Waals surface area contributed by atoms with Crippen molar-refractivity contribution >= 4 is 29.2 Å².